The van der Waals surface area contributed by atoms with Crippen LogP contribution < -0.4 is 0 Å². The van der Waals surface area contributed by atoms with E-state index in [0.29, 0.717) is 0 Å². The van der Waals surface area contributed by atoms with Gasteiger partial charge in [0.2, 0.25) is 0 Å². The van der Waals surface area contributed by atoms with Crippen LogP contribution in [-0.4, -0.2) is 9.97 Å². The van der Waals surface area contributed by atoms with Crippen molar-refractivity contribution in [2.45, 2.75) is 19.3 Å². The Bertz CT molecular complexity index is 1510. The highest BCUT2D eigenvalue weighted by atomic mass is 32.1. The molecule has 6 aromatic rings. The predicted octanol–water partition coefficient (Wildman–Crippen LogP) is 8.55. The van der Waals surface area contributed by atoms with Crippen molar-refractivity contribution >= 4 is 43.1 Å². The van der Waals surface area contributed by atoms with Gasteiger partial charge in [0, 0.05) is 16.5 Å². The van der Waals surface area contributed by atoms with Crippen LogP contribution in [0.25, 0.3) is 52.7 Å². The number of nitrogens with zero attached hydrogens (tertiary/aromatic N) is 2. The van der Waals surface area contributed by atoms with Crippen LogP contribution in [0, 0.1) is 0 Å². The Morgan fingerprint density at radius 2 is 1.03 bits per heavy atom. The number of hydrogen-bond donors (Lipinski definition) is 0. The summed E-state index contributed by atoms with van der Waals surface area (Å²) in [4.78, 5) is 9.78. The Hall–Kier alpha value is -3.34. The number of thiazole rings is 2. The van der Waals surface area contributed by atoms with Gasteiger partial charge in [-0.2, -0.15) is 0 Å². The van der Waals surface area contributed by atoms with E-state index < -0.39 is 0 Å². The van der Waals surface area contributed by atoms with E-state index in [1.54, 1.807) is 22.7 Å². The minimum atomic E-state index is -0.0793. The largest absolute Gasteiger partial charge is 0.236 e. The molecular weight excluding hydrogens is 440 g/mol. The molecule has 0 unspecified atom stereocenters. The van der Waals surface area contributed by atoms with E-state index in [-0.39, 0.29) is 5.41 Å². The van der Waals surface area contributed by atoms with Gasteiger partial charge < -0.3 is 0 Å². The second kappa shape index (κ2) is 6.83. The third-order valence-electron chi connectivity index (χ3n) is 6.76. The minimum absolute atomic E-state index is 0.0793. The van der Waals surface area contributed by atoms with E-state index in [4.69, 9.17) is 9.97 Å². The lowest BCUT2D eigenvalue weighted by Gasteiger charge is -2.22. The number of para-hydroxylation sites is 2. The summed E-state index contributed by atoms with van der Waals surface area (Å²) in [5, 5.41) is 2.17. The SMILES string of the molecule is CC1(C)c2cc(-c3nc4ccccc4s3)ccc2-c2ccc(-c3nc4ccccc4s3)cc21. The molecule has 2 nitrogen and oxygen atoms in total. The fraction of sp³-hybridized carbons (Fsp3) is 0.103. The second-order valence-corrected chi connectivity index (χ2v) is 11.2. The van der Waals surface area contributed by atoms with Crippen LogP contribution in [0.4, 0.5) is 0 Å². The lowest BCUT2D eigenvalue weighted by molar-refractivity contribution is 0.661. The molecule has 0 bridgehead atoms. The van der Waals surface area contributed by atoms with E-state index in [1.165, 1.54) is 42.8 Å². The van der Waals surface area contributed by atoms with Crippen molar-refractivity contribution in [2.24, 2.45) is 0 Å². The molecule has 2 aromatic heterocycles. The topological polar surface area (TPSA) is 25.8 Å². The Balaban J connectivity index is 1.34. The van der Waals surface area contributed by atoms with Crippen molar-refractivity contribution in [2.75, 3.05) is 0 Å². The van der Waals surface area contributed by atoms with Gasteiger partial charge in [0.25, 0.3) is 0 Å². The molecule has 0 spiro atoms. The van der Waals surface area contributed by atoms with E-state index in [2.05, 4.69) is 98.8 Å². The molecule has 0 atom stereocenters. The first-order valence-electron chi connectivity index (χ1n) is 11.1. The molecule has 0 fully saturated rings. The van der Waals surface area contributed by atoms with Gasteiger partial charge in [-0.15, -0.1) is 22.7 Å². The zero-order chi connectivity index (χ0) is 22.2. The fourth-order valence-corrected chi connectivity index (χ4v) is 6.92. The van der Waals surface area contributed by atoms with Crippen molar-refractivity contribution in [1.82, 2.24) is 9.97 Å². The molecule has 0 radical (unpaired) electrons. The van der Waals surface area contributed by atoms with Crippen molar-refractivity contribution in [3.05, 3.63) is 96.1 Å². The third-order valence-corrected chi connectivity index (χ3v) is 8.93. The molecule has 1 aliphatic rings. The van der Waals surface area contributed by atoms with Gasteiger partial charge in [-0.3, -0.25) is 0 Å². The normalized spacial score (nSPS) is 14.0. The summed E-state index contributed by atoms with van der Waals surface area (Å²) in [6.45, 7) is 4.67. The number of fused-ring (bicyclic) bond motifs is 5. The molecule has 7 rings (SSSR count). The molecule has 0 aliphatic heterocycles. The molecule has 0 saturated carbocycles. The zero-order valence-corrected chi connectivity index (χ0v) is 19.9. The van der Waals surface area contributed by atoms with E-state index in [0.717, 1.165) is 21.0 Å². The molecule has 1 aliphatic carbocycles. The van der Waals surface area contributed by atoms with Gasteiger partial charge in [-0.05, 0) is 58.7 Å². The molecule has 158 valence electrons. The maximum Gasteiger partial charge on any atom is 0.124 e. The Morgan fingerprint density at radius 1 is 0.576 bits per heavy atom. The predicted molar refractivity (Wildman–Crippen MR) is 141 cm³/mol. The molecule has 0 N–H and O–H groups in total. The summed E-state index contributed by atoms with van der Waals surface area (Å²) < 4.78 is 2.46. The summed E-state index contributed by atoms with van der Waals surface area (Å²) in [5.41, 5.74) is 9.86. The standard InChI is InChI=1S/C29H20N2S2/c1-29(2)21-15-17(27-30-23-7-3-5-9-25(23)32-27)11-13-19(21)20-14-12-18(16-22(20)29)28-31-24-8-4-6-10-26(24)33-28/h3-16H,1-2H3. The Morgan fingerprint density at radius 3 is 1.48 bits per heavy atom. The fourth-order valence-electron chi connectivity index (χ4n) is 4.99. The Kier molecular flexibility index (Phi) is 3.97. The van der Waals surface area contributed by atoms with Crippen molar-refractivity contribution in [3.63, 3.8) is 0 Å². The maximum atomic E-state index is 4.89. The number of rotatable bonds is 2. The second-order valence-electron chi connectivity index (χ2n) is 9.12. The molecule has 4 heteroatoms. The molecule has 0 amide bonds. The van der Waals surface area contributed by atoms with Crippen LogP contribution in [0.15, 0.2) is 84.9 Å². The summed E-state index contributed by atoms with van der Waals surface area (Å²) in [5.74, 6) is 0. The van der Waals surface area contributed by atoms with Gasteiger partial charge in [-0.25, -0.2) is 9.97 Å². The third kappa shape index (κ3) is 2.84. The van der Waals surface area contributed by atoms with Crippen LogP contribution in [0.1, 0.15) is 25.0 Å². The summed E-state index contributed by atoms with van der Waals surface area (Å²) in [6, 6.07) is 30.4. The first-order valence-corrected chi connectivity index (χ1v) is 12.7. The summed E-state index contributed by atoms with van der Waals surface area (Å²) in [7, 11) is 0. The van der Waals surface area contributed by atoms with Gasteiger partial charge in [0.1, 0.15) is 10.0 Å². The van der Waals surface area contributed by atoms with E-state index >= 15 is 0 Å². The highest BCUT2D eigenvalue weighted by Crippen LogP contribution is 2.51. The van der Waals surface area contributed by atoms with Crippen LogP contribution >= 0.6 is 22.7 Å². The highest BCUT2D eigenvalue weighted by molar-refractivity contribution is 7.22. The van der Waals surface area contributed by atoms with Crippen LogP contribution in [0.3, 0.4) is 0 Å². The average Bonchev–Trinajstić information content (AvgIpc) is 3.52. The first-order chi connectivity index (χ1) is 16.1. The van der Waals surface area contributed by atoms with Crippen molar-refractivity contribution in [3.8, 4) is 32.3 Å². The molecule has 33 heavy (non-hydrogen) atoms. The molecule has 2 heterocycles. The van der Waals surface area contributed by atoms with Gasteiger partial charge in [0.05, 0.1) is 20.4 Å². The Labute approximate surface area is 200 Å². The van der Waals surface area contributed by atoms with E-state index in [9.17, 15) is 0 Å². The van der Waals surface area contributed by atoms with Gasteiger partial charge in [0.15, 0.2) is 0 Å². The number of benzene rings is 4. The molecule has 4 aromatic carbocycles. The summed E-state index contributed by atoms with van der Waals surface area (Å²) in [6.07, 6.45) is 0. The van der Waals surface area contributed by atoms with Crippen molar-refractivity contribution < 1.29 is 0 Å². The average molecular weight is 461 g/mol. The van der Waals surface area contributed by atoms with E-state index in [1.807, 2.05) is 0 Å². The number of hydrogen-bond acceptors (Lipinski definition) is 4. The lowest BCUT2D eigenvalue weighted by atomic mass is 9.81. The van der Waals surface area contributed by atoms with Crippen LogP contribution in [0.2, 0.25) is 0 Å². The monoisotopic (exact) mass is 460 g/mol. The van der Waals surface area contributed by atoms with Crippen molar-refractivity contribution in [1.29, 1.82) is 0 Å². The van der Waals surface area contributed by atoms with Crippen LogP contribution in [-0.2, 0) is 5.41 Å². The van der Waals surface area contributed by atoms with Gasteiger partial charge >= 0.3 is 0 Å². The zero-order valence-electron chi connectivity index (χ0n) is 18.3. The smallest absolute Gasteiger partial charge is 0.124 e. The van der Waals surface area contributed by atoms with Crippen LogP contribution in [0.5, 0.6) is 0 Å². The first kappa shape index (κ1) is 19.2. The number of aromatic nitrogens is 2. The van der Waals surface area contributed by atoms with Gasteiger partial charge in [-0.1, -0.05) is 62.4 Å². The quantitative estimate of drug-likeness (QED) is 0.259. The highest BCUT2D eigenvalue weighted by Gasteiger charge is 2.36. The maximum absolute atomic E-state index is 4.89. The molecule has 0 saturated heterocycles. The molecular formula is C29H20N2S2. The minimum Gasteiger partial charge on any atom is -0.236 e. The lowest BCUT2D eigenvalue weighted by Crippen LogP contribution is -2.15. The summed E-state index contributed by atoms with van der Waals surface area (Å²) >= 11 is 3.53.